The van der Waals surface area contributed by atoms with Gasteiger partial charge in [0.15, 0.2) is 0 Å². The average molecular weight is 771 g/mol. The number of rotatable bonds is 7. The van der Waals surface area contributed by atoms with Crippen molar-refractivity contribution < 1.29 is 33.5 Å². The van der Waals surface area contributed by atoms with E-state index in [1.807, 2.05) is 24.0 Å². The van der Waals surface area contributed by atoms with E-state index in [0.717, 1.165) is 34.4 Å². The zero-order valence-corrected chi connectivity index (χ0v) is 32.8. The quantitative estimate of drug-likeness (QED) is 0.329. The number of carbonyl (C=O) groups is 6. The molecule has 1 saturated carbocycles. The fraction of sp³-hybridized carbons (Fsp3) is 0.432. The number of hydrogen-bond donors (Lipinski definition) is 2. The van der Waals surface area contributed by atoms with Crippen molar-refractivity contribution in [2.24, 2.45) is 10.8 Å². The summed E-state index contributed by atoms with van der Waals surface area (Å²) in [5.74, 6) is -1.66. The Labute approximate surface area is 331 Å². The maximum atomic E-state index is 13.6. The van der Waals surface area contributed by atoms with Crippen LogP contribution in [-0.2, 0) is 22.7 Å². The van der Waals surface area contributed by atoms with E-state index in [4.69, 9.17) is 4.74 Å². The molecule has 3 fully saturated rings. The highest BCUT2D eigenvalue weighted by atomic mass is 16.5. The normalized spacial score (nSPS) is 24.0. The number of benzene rings is 3. The number of hydrogen-bond acceptors (Lipinski definition) is 9. The van der Waals surface area contributed by atoms with E-state index in [2.05, 4.69) is 49.3 Å². The number of piperidine rings is 2. The lowest BCUT2D eigenvalue weighted by Crippen LogP contribution is -2.74. The molecule has 2 saturated heterocycles. The number of amides is 6. The molecule has 13 heteroatoms. The van der Waals surface area contributed by atoms with E-state index in [9.17, 15) is 34.0 Å². The number of nitriles is 1. The second kappa shape index (κ2) is 14.0. The van der Waals surface area contributed by atoms with Gasteiger partial charge in [-0.1, -0.05) is 27.7 Å². The molecule has 4 aliphatic heterocycles. The molecule has 0 radical (unpaired) electrons. The molecule has 13 nitrogen and oxygen atoms in total. The molecule has 1 unspecified atom stereocenters. The zero-order chi connectivity index (χ0) is 40.6. The topological polar surface area (TPSA) is 169 Å². The van der Waals surface area contributed by atoms with Crippen LogP contribution < -0.4 is 15.4 Å². The van der Waals surface area contributed by atoms with Crippen LogP contribution in [0.1, 0.15) is 117 Å². The molecule has 294 valence electrons. The summed E-state index contributed by atoms with van der Waals surface area (Å²) in [6.07, 6.45) is 1.55. The van der Waals surface area contributed by atoms with Crippen LogP contribution in [0.2, 0.25) is 0 Å². The summed E-state index contributed by atoms with van der Waals surface area (Å²) in [7, 11) is 0. The van der Waals surface area contributed by atoms with E-state index < -0.39 is 29.7 Å². The molecule has 3 aromatic rings. The average Bonchev–Trinajstić information content (AvgIpc) is 3.71. The lowest BCUT2D eigenvalue weighted by Gasteiger charge is -2.63. The van der Waals surface area contributed by atoms with Gasteiger partial charge in [0.2, 0.25) is 11.8 Å². The fourth-order valence-corrected chi connectivity index (χ4v) is 10.0. The number of fused-ring (bicyclic) bond motifs is 2. The number of imide groups is 2. The molecule has 6 amide bonds. The number of ether oxygens (including phenoxy) is 1. The van der Waals surface area contributed by atoms with Gasteiger partial charge in [-0.25, -0.2) is 0 Å². The first-order valence-electron chi connectivity index (χ1n) is 19.6. The second-order valence-electron chi connectivity index (χ2n) is 17.3. The summed E-state index contributed by atoms with van der Waals surface area (Å²) in [6, 6.07) is 17.0. The van der Waals surface area contributed by atoms with Crippen LogP contribution in [-0.4, -0.2) is 87.5 Å². The first-order valence-corrected chi connectivity index (χ1v) is 19.6. The van der Waals surface area contributed by atoms with Crippen LogP contribution in [0.3, 0.4) is 0 Å². The van der Waals surface area contributed by atoms with Crippen LogP contribution in [0.25, 0.3) is 0 Å². The van der Waals surface area contributed by atoms with Crippen molar-refractivity contribution in [3.05, 3.63) is 99.1 Å². The summed E-state index contributed by atoms with van der Waals surface area (Å²) in [5, 5.41) is 14.7. The third-order valence-corrected chi connectivity index (χ3v) is 12.9. The molecule has 0 spiro atoms. The van der Waals surface area contributed by atoms with Crippen LogP contribution in [0.5, 0.6) is 5.75 Å². The number of nitrogens with one attached hydrogen (secondary N) is 2. The first-order chi connectivity index (χ1) is 27.1. The molecule has 3 aromatic carbocycles. The minimum atomic E-state index is -0.994. The Morgan fingerprint density at radius 3 is 2.00 bits per heavy atom. The largest absolute Gasteiger partial charge is 0.489 e. The highest BCUT2D eigenvalue weighted by molar-refractivity contribution is 6.23. The minimum Gasteiger partial charge on any atom is -0.489 e. The van der Waals surface area contributed by atoms with Crippen molar-refractivity contribution in [3.63, 3.8) is 0 Å². The molecule has 4 heterocycles. The van der Waals surface area contributed by atoms with Crippen molar-refractivity contribution in [2.75, 3.05) is 13.1 Å². The highest BCUT2D eigenvalue weighted by Gasteiger charge is 2.64. The van der Waals surface area contributed by atoms with Crippen molar-refractivity contribution in [2.45, 2.75) is 97.6 Å². The second-order valence-corrected chi connectivity index (χ2v) is 17.3. The number of aryl methyl sites for hydroxylation is 1. The third-order valence-electron chi connectivity index (χ3n) is 12.9. The standard InChI is InChI=1S/C44H46N6O7/c1-24-18-31(11-10-27(24)21-45)57-42-43(2,3)41(44(42,4)5)47-36(52)25-6-8-26(9-7-25)38(54)48-16-14-30(15-17-48)49-22-28-19-32-33(20-29(28)23-49)40(56)50(39(32)55)34-12-13-35(51)46-37(34)53/h6-11,18-20,30,34,41-42H,12-17,22-23H2,1-5H3,(H,47,52)(H,46,51,53)/t34?,41-,42-. The van der Waals surface area contributed by atoms with Crippen LogP contribution in [0.15, 0.2) is 54.6 Å². The molecule has 8 rings (SSSR count). The summed E-state index contributed by atoms with van der Waals surface area (Å²) < 4.78 is 6.43. The van der Waals surface area contributed by atoms with Crippen LogP contribution >= 0.6 is 0 Å². The van der Waals surface area contributed by atoms with Gasteiger partial charge in [-0.15, -0.1) is 0 Å². The molecule has 5 aliphatic rings. The van der Waals surface area contributed by atoms with Gasteiger partial charge >= 0.3 is 0 Å². The lowest BCUT2D eigenvalue weighted by atomic mass is 9.49. The molecule has 2 N–H and O–H groups in total. The van der Waals surface area contributed by atoms with Gasteiger partial charge in [0, 0.05) is 66.6 Å². The van der Waals surface area contributed by atoms with E-state index >= 15 is 0 Å². The van der Waals surface area contributed by atoms with Crippen LogP contribution in [0.4, 0.5) is 0 Å². The predicted octanol–water partition coefficient (Wildman–Crippen LogP) is 4.50. The van der Waals surface area contributed by atoms with Crippen molar-refractivity contribution in [3.8, 4) is 11.8 Å². The van der Waals surface area contributed by atoms with E-state index in [-0.39, 0.29) is 53.7 Å². The van der Waals surface area contributed by atoms with Gasteiger partial charge in [0.25, 0.3) is 23.6 Å². The SMILES string of the molecule is Cc1cc(O[C@H]2C(C)(C)[C@H](NC(=O)c3ccc(C(=O)N4CCC(N5Cc6cc7c(cc6C5)C(=O)N(C5CCC(=O)NC5=O)C7=O)CC4)cc3)C2(C)C)ccc1C#N. The minimum absolute atomic E-state index is 0.0738. The van der Waals surface area contributed by atoms with Crippen LogP contribution in [0, 0.1) is 29.1 Å². The van der Waals surface area contributed by atoms with E-state index in [0.29, 0.717) is 59.7 Å². The Morgan fingerprint density at radius 1 is 0.842 bits per heavy atom. The molecule has 1 atom stereocenters. The smallest absolute Gasteiger partial charge is 0.262 e. The lowest BCUT2D eigenvalue weighted by molar-refractivity contribution is -0.164. The van der Waals surface area contributed by atoms with Gasteiger partial charge in [-0.05, 0) is 97.5 Å². The van der Waals surface area contributed by atoms with E-state index in [1.165, 1.54) is 0 Å². The zero-order valence-electron chi connectivity index (χ0n) is 32.8. The van der Waals surface area contributed by atoms with E-state index in [1.54, 1.807) is 42.5 Å². The van der Waals surface area contributed by atoms with Gasteiger partial charge in [0.1, 0.15) is 17.9 Å². The maximum Gasteiger partial charge on any atom is 0.262 e. The molecule has 57 heavy (non-hydrogen) atoms. The fourth-order valence-electron chi connectivity index (χ4n) is 10.0. The first kappa shape index (κ1) is 38.0. The summed E-state index contributed by atoms with van der Waals surface area (Å²) in [5.41, 5.74) is 4.22. The number of carbonyl (C=O) groups excluding carboxylic acids is 6. The number of likely N-dealkylation sites (tertiary alicyclic amines) is 1. The molecular formula is C44H46N6O7. The predicted molar refractivity (Wildman–Crippen MR) is 207 cm³/mol. The Bertz CT molecular complexity index is 2220. The Morgan fingerprint density at radius 2 is 1.44 bits per heavy atom. The Hall–Kier alpha value is -5.87. The maximum absolute atomic E-state index is 13.6. The summed E-state index contributed by atoms with van der Waals surface area (Å²) >= 11 is 0. The number of nitrogens with zero attached hydrogens (tertiary/aromatic N) is 4. The monoisotopic (exact) mass is 770 g/mol. The molecule has 0 aromatic heterocycles. The van der Waals surface area contributed by atoms with Gasteiger partial charge in [0.05, 0.1) is 22.8 Å². The van der Waals surface area contributed by atoms with Crippen molar-refractivity contribution in [1.29, 1.82) is 5.26 Å². The van der Waals surface area contributed by atoms with Gasteiger partial charge in [-0.2, -0.15) is 5.26 Å². The summed E-state index contributed by atoms with van der Waals surface area (Å²) in [4.78, 5) is 82.9. The third kappa shape index (κ3) is 6.45. The Kier molecular flexibility index (Phi) is 9.31. The molecule has 0 bridgehead atoms. The summed E-state index contributed by atoms with van der Waals surface area (Å²) in [6.45, 7) is 12.6. The van der Waals surface area contributed by atoms with Gasteiger partial charge < -0.3 is 15.0 Å². The van der Waals surface area contributed by atoms with Crippen molar-refractivity contribution in [1.82, 2.24) is 25.3 Å². The highest BCUT2D eigenvalue weighted by Crippen LogP contribution is 2.55. The van der Waals surface area contributed by atoms with Crippen molar-refractivity contribution >= 4 is 35.4 Å². The molecular weight excluding hydrogens is 725 g/mol. The molecule has 1 aliphatic carbocycles. The van der Waals surface area contributed by atoms with Gasteiger partial charge in [-0.3, -0.25) is 43.9 Å². The Balaban J connectivity index is 0.839.